The molecule has 3 rings (SSSR count). The van der Waals surface area contributed by atoms with Crippen molar-refractivity contribution in [3.63, 3.8) is 0 Å². The Balaban J connectivity index is 1.84. The second-order valence-electron chi connectivity index (χ2n) is 6.39. The minimum Gasteiger partial charge on any atom is -0.495 e. The summed E-state index contributed by atoms with van der Waals surface area (Å²) in [6, 6.07) is 18.0. The summed E-state index contributed by atoms with van der Waals surface area (Å²) in [5, 5.41) is 11.8. The van der Waals surface area contributed by atoms with Gasteiger partial charge in [-0.05, 0) is 36.4 Å². The van der Waals surface area contributed by atoms with E-state index in [2.05, 4.69) is 10.0 Å². The van der Waals surface area contributed by atoms with E-state index in [0.29, 0.717) is 5.75 Å². The van der Waals surface area contributed by atoms with E-state index in [4.69, 9.17) is 4.74 Å². The first-order valence-electron chi connectivity index (χ1n) is 9.06. The van der Waals surface area contributed by atoms with Crippen LogP contribution >= 0.6 is 0 Å². The first-order valence-corrected chi connectivity index (χ1v) is 10.5. The number of carbonyl (C=O) groups excluding carboxylic acids is 1. The molecule has 3 aromatic rings. The van der Waals surface area contributed by atoms with Crippen LogP contribution in [0.4, 0.5) is 10.1 Å². The molecule has 0 bridgehead atoms. The molecule has 0 heterocycles. The third-order valence-electron chi connectivity index (χ3n) is 4.38. The van der Waals surface area contributed by atoms with Crippen LogP contribution in [0.15, 0.2) is 77.7 Å². The van der Waals surface area contributed by atoms with E-state index < -0.39 is 27.8 Å². The highest BCUT2D eigenvalue weighted by molar-refractivity contribution is 7.92. The molecule has 9 heteroatoms. The lowest BCUT2D eigenvalue weighted by Gasteiger charge is -2.14. The molecule has 0 saturated heterocycles. The van der Waals surface area contributed by atoms with Gasteiger partial charge in [0.25, 0.3) is 15.9 Å². The third-order valence-corrected chi connectivity index (χ3v) is 5.74. The van der Waals surface area contributed by atoms with Gasteiger partial charge in [-0.3, -0.25) is 9.52 Å². The number of benzene rings is 3. The van der Waals surface area contributed by atoms with Gasteiger partial charge in [0.15, 0.2) is 0 Å². The molecule has 0 aliphatic rings. The molecule has 0 aromatic heterocycles. The third kappa shape index (κ3) is 4.99. The maximum atomic E-state index is 14.0. The second-order valence-corrected chi connectivity index (χ2v) is 8.07. The van der Waals surface area contributed by atoms with Gasteiger partial charge in [0.2, 0.25) is 0 Å². The SMILES string of the molecule is COc1ccccc1NS(=O)(=O)c1cccc(C(=O)NC(C#N)c2ccccc2F)c1. The Labute approximate surface area is 179 Å². The van der Waals surface area contributed by atoms with Crippen molar-refractivity contribution in [1.82, 2.24) is 5.32 Å². The fraction of sp³-hybridized carbons (Fsp3) is 0.0909. The quantitative estimate of drug-likeness (QED) is 0.584. The molecule has 0 spiro atoms. The van der Waals surface area contributed by atoms with Crippen molar-refractivity contribution < 1.29 is 22.3 Å². The highest BCUT2D eigenvalue weighted by Gasteiger charge is 2.21. The molecular weight excluding hydrogens is 421 g/mol. The molecule has 0 fully saturated rings. The number of hydrogen-bond acceptors (Lipinski definition) is 5. The fourth-order valence-electron chi connectivity index (χ4n) is 2.84. The zero-order valence-corrected chi connectivity index (χ0v) is 17.2. The van der Waals surface area contributed by atoms with Crippen LogP contribution in [0.25, 0.3) is 0 Å². The van der Waals surface area contributed by atoms with E-state index in [1.165, 1.54) is 49.6 Å². The molecule has 1 unspecified atom stereocenters. The molecule has 7 nitrogen and oxygen atoms in total. The lowest BCUT2D eigenvalue weighted by atomic mass is 10.1. The maximum Gasteiger partial charge on any atom is 0.262 e. The standard InChI is InChI=1S/C22H18FN3O4S/c1-30-21-12-5-4-11-19(21)26-31(28,29)16-8-6-7-15(13-16)22(27)25-20(14-24)17-9-2-3-10-18(17)23/h2-13,20,26H,1H3,(H,25,27). The number of methoxy groups -OCH3 is 1. The number of sulfonamides is 1. The zero-order chi connectivity index (χ0) is 22.4. The molecule has 31 heavy (non-hydrogen) atoms. The lowest BCUT2D eigenvalue weighted by Crippen LogP contribution is -2.28. The molecule has 1 atom stereocenters. The summed E-state index contributed by atoms with van der Waals surface area (Å²) < 4.78 is 47.1. The summed E-state index contributed by atoms with van der Waals surface area (Å²) in [5.41, 5.74) is 0.253. The van der Waals surface area contributed by atoms with Gasteiger partial charge in [-0.1, -0.05) is 36.4 Å². The van der Waals surface area contributed by atoms with Crippen LogP contribution in [0.1, 0.15) is 22.0 Å². The Morgan fingerprint density at radius 3 is 2.48 bits per heavy atom. The Bertz CT molecular complexity index is 1260. The summed E-state index contributed by atoms with van der Waals surface area (Å²) in [7, 11) is -2.61. The van der Waals surface area contributed by atoms with Crippen LogP contribution in [-0.4, -0.2) is 21.4 Å². The number of ether oxygens (including phenoxy) is 1. The van der Waals surface area contributed by atoms with Crippen molar-refractivity contribution >= 4 is 21.6 Å². The number of halogens is 1. The molecule has 1 amide bonds. The molecule has 3 aromatic carbocycles. The van der Waals surface area contributed by atoms with Gasteiger partial charge in [0.1, 0.15) is 17.6 Å². The molecule has 2 N–H and O–H groups in total. The topological polar surface area (TPSA) is 108 Å². The van der Waals surface area contributed by atoms with Gasteiger partial charge in [0, 0.05) is 11.1 Å². The number of para-hydroxylation sites is 2. The van der Waals surface area contributed by atoms with E-state index in [1.807, 2.05) is 6.07 Å². The molecule has 0 aliphatic heterocycles. The molecular formula is C22H18FN3O4S. The smallest absolute Gasteiger partial charge is 0.262 e. The summed E-state index contributed by atoms with van der Waals surface area (Å²) in [4.78, 5) is 12.5. The van der Waals surface area contributed by atoms with Gasteiger partial charge >= 0.3 is 0 Å². The average Bonchev–Trinajstić information content (AvgIpc) is 2.78. The van der Waals surface area contributed by atoms with Gasteiger partial charge in [0.05, 0.1) is 23.8 Å². The Morgan fingerprint density at radius 2 is 1.77 bits per heavy atom. The number of nitriles is 1. The van der Waals surface area contributed by atoms with Crippen molar-refractivity contribution in [3.05, 3.63) is 89.7 Å². The zero-order valence-electron chi connectivity index (χ0n) is 16.4. The van der Waals surface area contributed by atoms with Crippen LogP contribution in [0.5, 0.6) is 5.75 Å². The fourth-order valence-corrected chi connectivity index (χ4v) is 3.96. The van der Waals surface area contributed by atoms with Crippen LogP contribution < -0.4 is 14.8 Å². The minimum absolute atomic E-state index is 0.000471. The predicted octanol–water partition coefficient (Wildman–Crippen LogP) is 3.63. The minimum atomic E-state index is -4.03. The van der Waals surface area contributed by atoms with Crippen molar-refractivity contribution in [2.75, 3.05) is 11.8 Å². The van der Waals surface area contributed by atoms with E-state index >= 15 is 0 Å². The largest absolute Gasteiger partial charge is 0.495 e. The van der Waals surface area contributed by atoms with Crippen molar-refractivity contribution in [3.8, 4) is 11.8 Å². The Kier molecular flexibility index (Phi) is 6.52. The number of rotatable bonds is 7. The lowest BCUT2D eigenvalue weighted by molar-refractivity contribution is 0.0944. The van der Waals surface area contributed by atoms with Gasteiger partial charge < -0.3 is 10.1 Å². The number of anilines is 1. The van der Waals surface area contributed by atoms with Crippen LogP contribution in [-0.2, 0) is 10.0 Å². The Hall–Kier alpha value is -3.90. The van der Waals surface area contributed by atoms with Crippen molar-refractivity contribution in [2.45, 2.75) is 10.9 Å². The Morgan fingerprint density at radius 1 is 1.06 bits per heavy atom. The van der Waals surface area contributed by atoms with Crippen molar-refractivity contribution in [2.24, 2.45) is 0 Å². The summed E-state index contributed by atoms with van der Waals surface area (Å²) >= 11 is 0. The normalized spacial score (nSPS) is 11.8. The summed E-state index contributed by atoms with van der Waals surface area (Å²) in [6.07, 6.45) is 0. The van der Waals surface area contributed by atoms with Crippen LogP contribution in [0.3, 0.4) is 0 Å². The molecule has 0 aliphatic carbocycles. The number of amides is 1. The molecule has 0 radical (unpaired) electrons. The summed E-state index contributed by atoms with van der Waals surface area (Å²) in [6.45, 7) is 0. The van der Waals surface area contributed by atoms with E-state index in [9.17, 15) is 22.9 Å². The molecule has 158 valence electrons. The first kappa shape index (κ1) is 21.8. The molecule has 0 saturated carbocycles. The highest BCUT2D eigenvalue weighted by atomic mass is 32.2. The van der Waals surface area contributed by atoms with Gasteiger partial charge in [-0.2, -0.15) is 5.26 Å². The summed E-state index contributed by atoms with van der Waals surface area (Å²) in [5.74, 6) is -1.02. The monoisotopic (exact) mass is 439 g/mol. The van der Waals surface area contributed by atoms with E-state index in [0.717, 1.165) is 0 Å². The number of carbonyl (C=O) groups is 1. The van der Waals surface area contributed by atoms with Crippen LogP contribution in [0, 0.1) is 17.1 Å². The maximum absolute atomic E-state index is 14.0. The number of nitrogens with one attached hydrogen (secondary N) is 2. The van der Waals surface area contributed by atoms with Crippen molar-refractivity contribution in [1.29, 1.82) is 5.26 Å². The van der Waals surface area contributed by atoms with Gasteiger partial charge in [-0.25, -0.2) is 12.8 Å². The number of nitrogens with zero attached hydrogens (tertiary/aromatic N) is 1. The average molecular weight is 439 g/mol. The highest BCUT2D eigenvalue weighted by Crippen LogP contribution is 2.26. The van der Waals surface area contributed by atoms with Crippen LogP contribution in [0.2, 0.25) is 0 Å². The van der Waals surface area contributed by atoms with E-state index in [1.54, 1.807) is 30.3 Å². The second kappa shape index (κ2) is 9.28. The number of hydrogen-bond donors (Lipinski definition) is 2. The van der Waals surface area contributed by atoms with Gasteiger partial charge in [-0.15, -0.1) is 0 Å². The van der Waals surface area contributed by atoms with E-state index in [-0.39, 0.29) is 21.7 Å². The predicted molar refractivity (Wildman–Crippen MR) is 112 cm³/mol. The first-order chi connectivity index (χ1) is 14.9.